The molecule has 5 nitrogen and oxygen atoms in total. The number of ether oxygens (including phenoxy) is 1. The van der Waals surface area contributed by atoms with E-state index < -0.39 is 0 Å². The van der Waals surface area contributed by atoms with E-state index in [1.807, 2.05) is 30.5 Å². The van der Waals surface area contributed by atoms with Gasteiger partial charge >= 0.3 is 0 Å². The number of pyridine rings is 1. The van der Waals surface area contributed by atoms with Crippen molar-refractivity contribution in [2.45, 2.75) is 17.4 Å². The number of nitrogens with one attached hydrogen (secondary N) is 1. The van der Waals surface area contributed by atoms with E-state index in [1.54, 1.807) is 24.2 Å². The number of nitrogens with zero attached hydrogens (tertiary/aromatic N) is 2. The number of aromatic nitrogens is 1. The average Bonchev–Trinajstić information content (AvgIpc) is 2.70. The second kappa shape index (κ2) is 9.71. The Hall–Kier alpha value is -1.89. The number of hydrogen-bond acceptors (Lipinski definition) is 5. The Morgan fingerprint density at radius 1 is 1.19 bits per heavy atom. The first-order valence-electron chi connectivity index (χ1n) is 8.87. The van der Waals surface area contributed by atoms with Gasteiger partial charge in [0.25, 0.3) is 0 Å². The Labute approximate surface area is 159 Å². The lowest BCUT2D eigenvalue weighted by molar-refractivity contribution is -0.120. The van der Waals surface area contributed by atoms with E-state index in [0.29, 0.717) is 13.0 Å². The molecular formula is C20H25N3O2S. The van der Waals surface area contributed by atoms with E-state index >= 15 is 0 Å². The van der Waals surface area contributed by atoms with Gasteiger partial charge in [0.2, 0.25) is 5.91 Å². The van der Waals surface area contributed by atoms with Crippen LogP contribution in [0.25, 0.3) is 0 Å². The number of rotatable bonds is 7. The standard InChI is InChI=1S/C20H25N3O2S/c1-26-18-4-2-16(3-5-18)14-20(24)22-15-19(17-6-8-21-9-7-17)23-10-12-25-13-11-23/h2-9,19H,10-15H2,1H3,(H,22,24)/t19-/m1/s1. The number of benzene rings is 1. The van der Waals surface area contributed by atoms with Crippen LogP contribution in [0.15, 0.2) is 53.7 Å². The van der Waals surface area contributed by atoms with Gasteiger partial charge < -0.3 is 10.1 Å². The Bertz CT molecular complexity index is 688. The molecule has 1 atom stereocenters. The molecule has 1 N–H and O–H groups in total. The van der Waals surface area contributed by atoms with Crippen LogP contribution in [0.5, 0.6) is 0 Å². The first kappa shape index (κ1) is 18.9. The van der Waals surface area contributed by atoms with Gasteiger partial charge in [0.05, 0.1) is 25.7 Å². The van der Waals surface area contributed by atoms with Crippen molar-refractivity contribution < 1.29 is 9.53 Å². The quantitative estimate of drug-likeness (QED) is 0.758. The molecule has 1 aliphatic rings. The van der Waals surface area contributed by atoms with Crippen LogP contribution in [0, 0.1) is 0 Å². The summed E-state index contributed by atoms with van der Waals surface area (Å²) in [7, 11) is 0. The molecule has 0 unspecified atom stereocenters. The first-order valence-corrected chi connectivity index (χ1v) is 10.1. The summed E-state index contributed by atoms with van der Waals surface area (Å²) in [4.78, 5) is 20.1. The largest absolute Gasteiger partial charge is 0.379 e. The predicted molar refractivity (Wildman–Crippen MR) is 104 cm³/mol. The van der Waals surface area contributed by atoms with Crippen LogP contribution in [-0.4, -0.2) is 54.9 Å². The van der Waals surface area contributed by atoms with Gasteiger partial charge in [0, 0.05) is 36.9 Å². The van der Waals surface area contributed by atoms with Crippen LogP contribution in [0.3, 0.4) is 0 Å². The summed E-state index contributed by atoms with van der Waals surface area (Å²) in [6.07, 6.45) is 6.06. The van der Waals surface area contributed by atoms with Crippen LogP contribution in [0.4, 0.5) is 0 Å². The minimum Gasteiger partial charge on any atom is -0.379 e. The zero-order valence-corrected chi connectivity index (χ0v) is 15.9. The Balaban J connectivity index is 1.60. The third kappa shape index (κ3) is 5.30. The second-order valence-corrected chi connectivity index (χ2v) is 7.15. The molecule has 0 aliphatic carbocycles. The highest BCUT2D eigenvalue weighted by molar-refractivity contribution is 7.98. The number of thioether (sulfide) groups is 1. The monoisotopic (exact) mass is 371 g/mol. The summed E-state index contributed by atoms with van der Waals surface area (Å²) >= 11 is 1.70. The fourth-order valence-corrected chi connectivity index (χ4v) is 3.54. The molecule has 2 aromatic rings. The smallest absolute Gasteiger partial charge is 0.224 e. The van der Waals surface area contributed by atoms with Gasteiger partial charge in [-0.15, -0.1) is 11.8 Å². The Morgan fingerprint density at radius 2 is 1.88 bits per heavy atom. The molecule has 138 valence electrons. The molecule has 1 amide bonds. The molecular weight excluding hydrogens is 346 g/mol. The van der Waals surface area contributed by atoms with Crippen molar-refractivity contribution in [1.29, 1.82) is 0 Å². The molecule has 0 spiro atoms. The maximum absolute atomic E-state index is 12.4. The molecule has 0 bridgehead atoms. The lowest BCUT2D eigenvalue weighted by Crippen LogP contribution is -2.44. The summed E-state index contributed by atoms with van der Waals surface area (Å²) in [6.45, 7) is 3.80. The van der Waals surface area contributed by atoms with Gasteiger partial charge in [-0.3, -0.25) is 14.7 Å². The minimum atomic E-state index is 0.0502. The van der Waals surface area contributed by atoms with Crippen molar-refractivity contribution >= 4 is 17.7 Å². The number of morpholine rings is 1. The molecule has 6 heteroatoms. The van der Waals surface area contributed by atoms with Crippen LogP contribution in [0.2, 0.25) is 0 Å². The van der Waals surface area contributed by atoms with Gasteiger partial charge in [-0.25, -0.2) is 0 Å². The Morgan fingerprint density at radius 3 is 2.54 bits per heavy atom. The van der Waals surface area contributed by atoms with Crippen LogP contribution in [0.1, 0.15) is 17.2 Å². The molecule has 0 saturated carbocycles. The maximum Gasteiger partial charge on any atom is 0.224 e. The molecule has 0 radical (unpaired) electrons. The third-order valence-corrected chi connectivity index (χ3v) is 5.34. The number of amides is 1. The number of hydrogen-bond donors (Lipinski definition) is 1. The molecule has 1 aromatic carbocycles. The van der Waals surface area contributed by atoms with Crippen LogP contribution < -0.4 is 5.32 Å². The van der Waals surface area contributed by atoms with Crippen molar-refractivity contribution in [3.05, 3.63) is 59.9 Å². The fourth-order valence-electron chi connectivity index (χ4n) is 3.13. The van der Waals surface area contributed by atoms with Crippen LogP contribution in [-0.2, 0) is 16.0 Å². The van der Waals surface area contributed by atoms with E-state index in [4.69, 9.17) is 4.74 Å². The van der Waals surface area contributed by atoms with E-state index in [-0.39, 0.29) is 11.9 Å². The fraction of sp³-hybridized carbons (Fsp3) is 0.400. The van der Waals surface area contributed by atoms with E-state index in [0.717, 1.165) is 31.9 Å². The minimum absolute atomic E-state index is 0.0502. The van der Waals surface area contributed by atoms with Gasteiger partial charge in [0.1, 0.15) is 0 Å². The van der Waals surface area contributed by atoms with E-state index in [1.165, 1.54) is 10.5 Å². The van der Waals surface area contributed by atoms with E-state index in [2.05, 4.69) is 27.3 Å². The lowest BCUT2D eigenvalue weighted by Gasteiger charge is -2.34. The topological polar surface area (TPSA) is 54.5 Å². The summed E-state index contributed by atoms with van der Waals surface area (Å²) in [5.74, 6) is 0.0502. The summed E-state index contributed by atoms with van der Waals surface area (Å²) in [6, 6.07) is 12.3. The third-order valence-electron chi connectivity index (χ3n) is 4.59. The zero-order valence-electron chi connectivity index (χ0n) is 15.1. The molecule has 2 heterocycles. The second-order valence-electron chi connectivity index (χ2n) is 6.27. The van der Waals surface area contributed by atoms with Crippen molar-refractivity contribution in [2.75, 3.05) is 39.1 Å². The van der Waals surface area contributed by atoms with Crippen LogP contribution >= 0.6 is 11.8 Å². The number of carbonyl (C=O) groups excluding carboxylic acids is 1. The lowest BCUT2D eigenvalue weighted by atomic mass is 10.1. The van der Waals surface area contributed by atoms with Gasteiger partial charge in [-0.05, 0) is 41.6 Å². The summed E-state index contributed by atoms with van der Waals surface area (Å²) in [5.41, 5.74) is 2.21. The summed E-state index contributed by atoms with van der Waals surface area (Å²) < 4.78 is 5.47. The predicted octanol–water partition coefficient (Wildman–Crippen LogP) is 2.54. The van der Waals surface area contributed by atoms with Crippen molar-refractivity contribution in [1.82, 2.24) is 15.2 Å². The van der Waals surface area contributed by atoms with Crippen molar-refractivity contribution in [2.24, 2.45) is 0 Å². The molecule has 1 aromatic heterocycles. The van der Waals surface area contributed by atoms with Crippen molar-refractivity contribution in [3.8, 4) is 0 Å². The zero-order chi connectivity index (χ0) is 18.2. The molecule has 1 saturated heterocycles. The highest BCUT2D eigenvalue weighted by Crippen LogP contribution is 2.21. The molecule has 3 rings (SSSR count). The Kier molecular flexibility index (Phi) is 7.05. The van der Waals surface area contributed by atoms with Gasteiger partial charge in [0.15, 0.2) is 0 Å². The molecule has 26 heavy (non-hydrogen) atoms. The summed E-state index contributed by atoms with van der Waals surface area (Å²) in [5, 5.41) is 3.11. The van der Waals surface area contributed by atoms with Gasteiger partial charge in [-0.1, -0.05) is 12.1 Å². The molecule has 1 aliphatic heterocycles. The normalized spacial score (nSPS) is 16.2. The first-order chi connectivity index (χ1) is 12.8. The van der Waals surface area contributed by atoms with E-state index in [9.17, 15) is 4.79 Å². The number of carbonyl (C=O) groups is 1. The average molecular weight is 372 g/mol. The SMILES string of the molecule is CSc1ccc(CC(=O)NC[C@H](c2ccncc2)N2CCOCC2)cc1. The maximum atomic E-state index is 12.4. The highest BCUT2D eigenvalue weighted by Gasteiger charge is 2.23. The molecule has 1 fully saturated rings. The van der Waals surface area contributed by atoms with Gasteiger partial charge in [-0.2, -0.15) is 0 Å². The highest BCUT2D eigenvalue weighted by atomic mass is 32.2. The van der Waals surface area contributed by atoms with Crippen molar-refractivity contribution in [3.63, 3.8) is 0 Å².